The summed E-state index contributed by atoms with van der Waals surface area (Å²) in [4.78, 5) is 0. The molecule has 0 saturated heterocycles. The fourth-order valence-electron chi connectivity index (χ4n) is 3.40. The average Bonchev–Trinajstić information content (AvgIpc) is 3.03. The molecule has 3 heteroatoms. The summed E-state index contributed by atoms with van der Waals surface area (Å²) >= 11 is 1.54. The van der Waals surface area contributed by atoms with Crippen molar-refractivity contribution in [2.24, 2.45) is 0 Å². The third-order valence-corrected chi connectivity index (χ3v) is 6.67. The first kappa shape index (κ1) is 16.4. The molecule has 0 amide bonds. The SMILES string of the molecule is C[Si](C)(C)OCCC1(C2=[C]([Zr])CC=C2)C=Cc2ccccc21. The van der Waals surface area contributed by atoms with Gasteiger partial charge in [-0.1, -0.05) is 0 Å². The third kappa shape index (κ3) is 3.09. The Kier molecular flexibility index (Phi) is 4.60. The van der Waals surface area contributed by atoms with Gasteiger partial charge in [0.05, 0.1) is 0 Å². The van der Waals surface area contributed by atoms with Crippen molar-refractivity contribution in [2.45, 2.75) is 37.9 Å². The van der Waals surface area contributed by atoms with Crippen LogP contribution in [0.4, 0.5) is 0 Å². The predicted molar refractivity (Wildman–Crippen MR) is 91.9 cm³/mol. The second-order valence-electron chi connectivity index (χ2n) is 7.10. The number of benzene rings is 1. The summed E-state index contributed by atoms with van der Waals surface area (Å²) in [6, 6.07) is 8.83. The van der Waals surface area contributed by atoms with Crippen molar-refractivity contribution in [3.8, 4) is 0 Å². The molecular weight excluding hydrogens is 364 g/mol. The molecule has 0 heterocycles. The Morgan fingerprint density at radius 3 is 2.64 bits per heavy atom. The van der Waals surface area contributed by atoms with Crippen molar-refractivity contribution in [2.75, 3.05) is 6.61 Å². The molecule has 113 valence electrons. The predicted octanol–water partition coefficient (Wildman–Crippen LogP) is 4.95. The normalized spacial score (nSPS) is 23.4. The van der Waals surface area contributed by atoms with Gasteiger partial charge >= 0.3 is 151 Å². The molecule has 1 nitrogen and oxygen atoms in total. The number of hydrogen-bond donors (Lipinski definition) is 0. The minimum atomic E-state index is -1.46. The summed E-state index contributed by atoms with van der Waals surface area (Å²) in [7, 11) is -1.46. The van der Waals surface area contributed by atoms with Crippen LogP contribution in [0.2, 0.25) is 19.6 Å². The van der Waals surface area contributed by atoms with Gasteiger partial charge in [-0.05, 0) is 0 Å². The minimum absolute atomic E-state index is 0.0298. The van der Waals surface area contributed by atoms with Crippen molar-refractivity contribution >= 4 is 14.4 Å². The zero-order valence-corrected chi connectivity index (χ0v) is 17.1. The maximum atomic E-state index is 6.19. The fraction of sp³-hybridized carbons (Fsp3) is 0.368. The molecule has 3 rings (SSSR count). The molecule has 0 bridgehead atoms. The monoisotopic (exact) mass is 385 g/mol. The van der Waals surface area contributed by atoms with Crippen molar-refractivity contribution in [3.63, 3.8) is 0 Å². The standard InChI is InChI=1S/C19H23OSi.Zr/c1-21(2,3)20-15-14-19(17-9-5-6-10-17)13-12-16-8-4-7-11-18(16)19;/h4-5,7-9,11-13H,6,14-15H2,1-3H3;. The van der Waals surface area contributed by atoms with E-state index in [2.05, 4.69) is 68.2 Å². The molecule has 1 unspecified atom stereocenters. The van der Waals surface area contributed by atoms with E-state index in [9.17, 15) is 0 Å². The molecular formula is C19H23OSiZr. The van der Waals surface area contributed by atoms with Gasteiger partial charge < -0.3 is 0 Å². The van der Waals surface area contributed by atoms with Crippen LogP contribution in [0, 0.1) is 0 Å². The molecule has 0 aliphatic heterocycles. The van der Waals surface area contributed by atoms with Crippen molar-refractivity contribution in [1.82, 2.24) is 0 Å². The van der Waals surface area contributed by atoms with E-state index in [4.69, 9.17) is 4.43 Å². The van der Waals surface area contributed by atoms with Gasteiger partial charge in [-0.3, -0.25) is 0 Å². The third-order valence-electron chi connectivity index (χ3n) is 4.43. The average molecular weight is 387 g/mol. The van der Waals surface area contributed by atoms with Crippen molar-refractivity contribution in [1.29, 1.82) is 0 Å². The van der Waals surface area contributed by atoms with Gasteiger partial charge in [-0.15, -0.1) is 0 Å². The molecule has 0 N–H and O–H groups in total. The second-order valence-corrected chi connectivity index (χ2v) is 13.1. The van der Waals surface area contributed by atoms with Crippen LogP contribution in [-0.2, 0) is 34.6 Å². The van der Waals surface area contributed by atoms with Gasteiger partial charge in [0.1, 0.15) is 0 Å². The van der Waals surface area contributed by atoms with E-state index in [1.165, 1.54) is 16.7 Å². The fourth-order valence-corrected chi connectivity index (χ4v) is 5.16. The molecule has 0 aromatic heterocycles. The summed E-state index contributed by atoms with van der Waals surface area (Å²) < 4.78 is 7.78. The first-order chi connectivity index (χ1) is 10.4. The number of hydrogen-bond acceptors (Lipinski definition) is 1. The van der Waals surface area contributed by atoms with E-state index < -0.39 is 8.32 Å². The topological polar surface area (TPSA) is 9.23 Å². The Bertz CT molecular complexity index is 666. The van der Waals surface area contributed by atoms with Crippen LogP contribution in [0.3, 0.4) is 0 Å². The Morgan fingerprint density at radius 1 is 1.18 bits per heavy atom. The molecule has 0 fully saturated rings. The van der Waals surface area contributed by atoms with E-state index in [0.717, 1.165) is 19.4 Å². The van der Waals surface area contributed by atoms with Gasteiger partial charge in [0, 0.05) is 0 Å². The van der Waals surface area contributed by atoms with Gasteiger partial charge in [0.15, 0.2) is 0 Å². The van der Waals surface area contributed by atoms with Crippen molar-refractivity contribution in [3.05, 3.63) is 62.5 Å². The Morgan fingerprint density at radius 2 is 1.95 bits per heavy atom. The van der Waals surface area contributed by atoms with Crippen LogP contribution in [0.15, 0.2) is 51.3 Å². The van der Waals surface area contributed by atoms with E-state index in [1.54, 1.807) is 28.0 Å². The summed E-state index contributed by atoms with van der Waals surface area (Å²) in [6.07, 6.45) is 11.6. The molecule has 2 aliphatic carbocycles. The Balaban J connectivity index is 1.97. The van der Waals surface area contributed by atoms with Gasteiger partial charge in [0.25, 0.3) is 0 Å². The van der Waals surface area contributed by atoms with Crippen LogP contribution in [0.1, 0.15) is 24.0 Å². The summed E-state index contributed by atoms with van der Waals surface area (Å²) in [5.74, 6) is 0. The van der Waals surface area contributed by atoms with E-state index in [1.807, 2.05) is 0 Å². The van der Waals surface area contributed by atoms with Crippen LogP contribution in [-0.4, -0.2) is 14.9 Å². The Labute approximate surface area is 150 Å². The number of rotatable bonds is 5. The molecule has 1 atom stereocenters. The molecule has 0 radical (unpaired) electrons. The maximum absolute atomic E-state index is 6.19. The van der Waals surface area contributed by atoms with E-state index in [0.29, 0.717) is 0 Å². The summed E-state index contributed by atoms with van der Waals surface area (Å²) in [5, 5.41) is 0. The zero-order valence-electron chi connectivity index (χ0n) is 13.6. The molecule has 0 saturated carbocycles. The summed E-state index contributed by atoms with van der Waals surface area (Å²) in [6.45, 7) is 7.64. The first-order valence-electron chi connectivity index (χ1n) is 7.97. The van der Waals surface area contributed by atoms with Crippen LogP contribution in [0.5, 0.6) is 0 Å². The van der Waals surface area contributed by atoms with Crippen molar-refractivity contribution < 1.29 is 29.1 Å². The molecule has 0 spiro atoms. The molecule has 1 aromatic carbocycles. The van der Waals surface area contributed by atoms with Gasteiger partial charge in [0.2, 0.25) is 0 Å². The number of fused-ring (bicyclic) bond motifs is 1. The zero-order chi connectivity index (χ0) is 15.8. The van der Waals surface area contributed by atoms with Crippen LogP contribution in [0.25, 0.3) is 6.08 Å². The number of allylic oxidation sites excluding steroid dienone is 5. The van der Waals surface area contributed by atoms with Crippen LogP contribution < -0.4 is 0 Å². The first-order valence-corrected chi connectivity index (χ1v) is 12.6. The Hall–Kier alpha value is -0.500. The molecule has 2 aliphatic rings. The molecule has 22 heavy (non-hydrogen) atoms. The van der Waals surface area contributed by atoms with E-state index in [-0.39, 0.29) is 5.41 Å². The van der Waals surface area contributed by atoms with Crippen LogP contribution >= 0.6 is 0 Å². The quantitative estimate of drug-likeness (QED) is 0.650. The molecule has 1 aromatic rings. The van der Waals surface area contributed by atoms with Gasteiger partial charge in [-0.25, -0.2) is 0 Å². The summed E-state index contributed by atoms with van der Waals surface area (Å²) in [5.41, 5.74) is 4.37. The second kappa shape index (κ2) is 6.19. The van der Waals surface area contributed by atoms with Gasteiger partial charge in [-0.2, -0.15) is 0 Å². The van der Waals surface area contributed by atoms with E-state index >= 15 is 0 Å².